The molecule has 230 valence electrons. The first-order valence-electron chi connectivity index (χ1n) is 11.8. The van der Waals surface area contributed by atoms with Gasteiger partial charge in [0.15, 0.2) is 0 Å². The van der Waals surface area contributed by atoms with Crippen LogP contribution in [0.4, 0.5) is 35.0 Å². The molecule has 0 aliphatic heterocycles. The van der Waals surface area contributed by atoms with Gasteiger partial charge in [-0.1, -0.05) is 30.3 Å². The number of guanidine groups is 1. The second-order valence-corrected chi connectivity index (χ2v) is 10.1. The summed E-state index contributed by atoms with van der Waals surface area (Å²) in [5.41, 5.74) is 17.9. The van der Waals surface area contributed by atoms with Crippen molar-refractivity contribution in [2.24, 2.45) is 16.6 Å². The standard InChI is InChI=1S/C23H25N7O5S.C2HF3O2/c24-16-9-11-17(12-10-16)27-23(33)28-20(14-21(31)32)15-5-4-6-18(13-15)30(29-22(25)26)36(34,35)19-7-2-1-3-8-19;3-2(4,5)1(6)7/h1-13,20H,14,24H2,(H,31,32)(H4,25,26,29)(H2,27,28,33);(H,6,7). The Bertz CT molecular complexity index is 1570. The molecule has 0 aromatic heterocycles. The van der Waals surface area contributed by atoms with E-state index in [1.165, 1.54) is 30.3 Å². The Labute approximate surface area is 242 Å². The number of carbonyl (C=O) groups excluding carboxylic acids is 1. The zero-order chi connectivity index (χ0) is 32.4. The summed E-state index contributed by atoms with van der Waals surface area (Å²) in [5, 5.41) is 25.5. The van der Waals surface area contributed by atoms with Crippen LogP contribution in [0.2, 0.25) is 0 Å². The van der Waals surface area contributed by atoms with E-state index in [0.29, 0.717) is 21.4 Å². The number of halogens is 3. The number of hydrogen-bond donors (Lipinski definition) is 7. The number of sulfonamides is 1. The number of amides is 2. The molecular weight excluding hydrogens is 599 g/mol. The summed E-state index contributed by atoms with van der Waals surface area (Å²) >= 11 is 0. The molecule has 0 fully saturated rings. The van der Waals surface area contributed by atoms with E-state index in [1.807, 2.05) is 0 Å². The van der Waals surface area contributed by atoms with E-state index in [-0.39, 0.29) is 10.6 Å². The number of nitrogens with two attached hydrogens (primary N) is 3. The lowest BCUT2D eigenvalue weighted by Crippen LogP contribution is -2.34. The van der Waals surface area contributed by atoms with Gasteiger partial charge in [-0.15, -0.1) is 5.10 Å². The molecule has 43 heavy (non-hydrogen) atoms. The highest BCUT2D eigenvalue weighted by Gasteiger charge is 2.38. The minimum absolute atomic E-state index is 0.0286. The zero-order valence-electron chi connectivity index (χ0n) is 21.9. The molecule has 0 saturated heterocycles. The van der Waals surface area contributed by atoms with Crippen LogP contribution in [0.3, 0.4) is 0 Å². The van der Waals surface area contributed by atoms with Crippen LogP contribution in [-0.4, -0.2) is 48.7 Å². The van der Waals surface area contributed by atoms with Crippen molar-refractivity contribution in [1.82, 2.24) is 5.32 Å². The highest BCUT2D eigenvalue weighted by atomic mass is 32.2. The van der Waals surface area contributed by atoms with Crippen molar-refractivity contribution in [3.05, 3.63) is 84.4 Å². The fourth-order valence-corrected chi connectivity index (χ4v) is 4.52. The molecule has 0 radical (unpaired) electrons. The van der Waals surface area contributed by atoms with Gasteiger partial charge in [0.25, 0.3) is 10.0 Å². The van der Waals surface area contributed by atoms with E-state index in [1.54, 1.807) is 48.5 Å². The number of nitrogens with zero attached hydrogens (tertiary/aromatic N) is 2. The third-order valence-corrected chi connectivity index (χ3v) is 6.68. The van der Waals surface area contributed by atoms with Gasteiger partial charge in [-0.3, -0.25) is 4.79 Å². The summed E-state index contributed by atoms with van der Waals surface area (Å²) in [4.78, 5) is 32.9. The molecule has 3 rings (SSSR count). The SMILES string of the molecule is NC(N)=NN(c1cccc(C(CC(=O)O)NC(=O)Nc2ccc(N)cc2)c1)S(=O)(=O)c1ccccc1.O=C(O)C(F)(F)F. The van der Waals surface area contributed by atoms with Crippen LogP contribution in [0.5, 0.6) is 0 Å². The summed E-state index contributed by atoms with van der Waals surface area (Å²) in [7, 11) is -4.22. The second-order valence-electron chi connectivity index (χ2n) is 8.35. The molecule has 0 spiro atoms. The van der Waals surface area contributed by atoms with Gasteiger partial charge in [0.05, 0.1) is 23.0 Å². The molecule has 0 aliphatic carbocycles. The first-order valence-corrected chi connectivity index (χ1v) is 13.2. The quantitative estimate of drug-likeness (QED) is 0.0793. The van der Waals surface area contributed by atoms with Crippen molar-refractivity contribution in [3.8, 4) is 0 Å². The summed E-state index contributed by atoms with van der Waals surface area (Å²) in [5.74, 6) is -4.45. The Hall–Kier alpha value is -5.52. The first-order chi connectivity index (χ1) is 20.0. The Kier molecular flexibility index (Phi) is 11.3. The number of hydrazone groups is 1. The summed E-state index contributed by atoms with van der Waals surface area (Å²) < 4.78 is 58.9. The Morgan fingerprint density at radius 2 is 1.51 bits per heavy atom. The van der Waals surface area contributed by atoms with Crippen LogP contribution in [0.25, 0.3) is 0 Å². The van der Waals surface area contributed by atoms with E-state index in [4.69, 9.17) is 27.1 Å². The van der Waals surface area contributed by atoms with Gasteiger partial charge in [0.2, 0.25) is 5.96 Å². The highest BCUT2D eigenvalue weighted by molar-refractivity contribution is 7.92. The maximum absolute atomic E-state index is 13.3. The number of carbonyl (C=O) groups is 3. The zero-order valence-corrected chi connectivity index (χ0v) is 22.7. The summed E-state index contributed by atoms with van der Waals surface area (Å²) in [6, 6.07) is 18.0. The predicted octanol–water partition coefficient (Wildman–Crippen LogP) is 2.62. The van der Waals surface area contributed by atoms with E-state index in [9.17, 15) is 36.3 Å². The second kappa shape index (κ2) is 14.4. The lowest BCUT2D eigenvalue weighted by Gasteiger charge is -2.22. The van der Waals surface area contributed by atoms with Gasteiger partial charge in [0, 0.05) is 11.4 Å². The van der Waals surface area contributed by atoms with E-state index in [0.717, 1.165) is 0 Å². The Morgan fingerprint density at radius 3 is 2.02 bits per heavy atom. The number of benzene rings is 3. The molecule has 10 N–H and O–H groups in total. The van der Waals surface area contributed by atoms with Crippen LogP contribution >= 0.6 is 0 Å². The maximum Gasteiger partial charge on any atom is 0.490 e. The van der Waals surface area contributed by atoms with Gasteiger partial charge in [0.1, 0.15) is 0 Å². The number of hydrogen-bond acceptors (Lipinski definition) is 7. The minimum Gasteiger partial charge on any atom is -0.481 e. The van der Waals surface area contributed by atoms with Gasteiger partial charge in [-0.2, -0.15) is 26.0 Å². The fourth-order valence-electron chi connectivity index (χ4n) is 3.23. The third-order valence-electron chi connectivity index (χ3n) is 5.06. The molecule has 14 nitrogen and oxygen atoms in total. The molecule has 0 saturated carbocycles. The van der Waals surface area contributed by atoms with Crippen molar-refractivity contribution in [3.63, 3.8) is 0 Å². The molecule has 2 amide bonds. The lowest BCUT2D eigenvalue weighted by atomic mass is 10.0. The van der Waals surface area contributed by atoms with Crippen molar-refractivity contribution in [1.29, 1.82) is 0 Å². The maximum atomic E-state index is 13.3. The number of carboxylic acid groups (broad SMARTS) is 2. The highest BCUT2D eigenvalue weighted by Crippen LogP contribution is 2.28. The monoisotopic (exact) mass is 625 g/mol. The number of alkyl halides is 3. The van der Waals surface area contributed by atoms with Crippen LogP contribution in [0.1, 0.15) is 18.0 Å². The first kappa shape index (κ1) is 33.7. The molecule has 1 unspecified atom stereocenters. The van der Waals surface area contributed by atoms with E-state index in [2.05, 4.69) is 15.7 Å². The minimum atomic E-state index is -5.08. The van der Waals surface area contributed by atoms with Gasteiger partial charge >= 0.3 is 24.1 Å². The lowest BCUT2D eigenvalue weighted by molar-refractivity contribution is -0.192. The number of urea groups is 1. The van der Waals surface area contributed by atoms with Crippen molar-refractivity contribution in [2.75, 3.05) is 15.5 Å². The molecule has 0 heterocycles. The molecule has 0 aliphatic rings. The van der Waals surface area contributed by atoms with E-state index < -0.39 is 52.6 Å². The fraction of sp³-hybridized carbons (Fsp3) is 0.120. The summed E-state index contributed by atoms with van der Waals surface area (Å²) in [6.45, 7) is 0. The van der Waals surface area contributed by atoms with Crippen molar-refractivity contribution in [2.45, 2.75) is 23.5 Å². The predicted molar refractivity (Wildman–Crippen MR) is 150 cm³/mol. The molecule has 3 aromatic rings. The van der Waals surface area contributed by atoms with Crippen molar-refractivity contribution < 1.29 is 46.2 Å². The smallest absolute Gasteiger partial charge is 0.481 e. The normalized spacial score (nSPS) is 11.6. The Balaban J connectivity index is 0.000000821. The van der Waals surface area contributed by atoms with Gasteiger partial charge in [-0.05, 0) is 54.1 Å². The molecule has 1 atom stereocenters. The topological polar surface area (TPSA) is 244 Å². The van der Waals surface area contributed by atoms with Gasteiger partial charge < -0.3 is 38.0 Å². The van der Waals surface area contributed by atoms with Crippen LogP contribution < -0.4 is 32.2 Å². The number of nitrogens with one attached hydrogen (secondary N) is 2. The average Bonchev–Trinajstić information content (AvgIpc) is 2.92. The average molecular weight is 626 g/mol. The Morgan fingerprint density at radius 1 is 0.930 bits per heavy atom. The van der Waals surface area contributed by atoms with Crippen LogP contribution in [0, 0.1) is 0 Å². The largest absolute Gasteiger partial charge is 0.490 e. The molecule has 0 bridgehead atoms. The number of carboxylic acids is 2. The van der Waals surface area contributed by atoms with E-state index >= 15 is 0 Å². The third kappa shape index (κ3) is 10.4. The summed E-state index contributed by atoms with van der Waals surface area (Å²) in [6.07, 6.45) is -5.56. The number of anilines is 3. The number of nitrogen functional groups attached to an aromatic ring is 1. The molecule has 18 heteroatoms. The molecule has 3 aromatic carbocycles. The molecular formula is C25H26F3N7O7S. The van der Waals surface area contributed by atoms with Crippen LogP contribution in [0.15, 0.2) is 88.9 Å². The number of rotatable bonds is 9. The number of aliphatic carboxylic acids is 2. The van der Waals surface area contributed by atoms with Crippen molar-refractivity contribution >= 4 is 51.0 Å². The van der Waals surface area contributed by atoms with Crippen LogP contribution in [-0.2, 0) is 19.6 Å². The van der Waals surface area contributed by atoms with Gasteiger partial charge in [-0.25, -0.2) is 9.59 Å².